The lowest BCUT2D eigenvalue weighted by Crippen LogP contribution is -1.88. The van der Waals surface area contributed by atoms with Crippen LogP contribution >= 0.6 is 0 Å². The number of fused-ring (bicyclic) bond motifs is 3. The van der Waals surface area contributed by atoms with Crippen LogP contribution in [0.1, 0.15) is 0 Å². The zero-order chi connectivity index (χ0) is 26.9. The third-order valence-corrected chi connectivity index (χ3v) is 8.61. The molecule has 0 aliphatic rings. The maximum atomic E-state index is 6.35. The second-order valence-electron chi connectivity index (χ2n) is 10.9. The van der Waals surface area contributed by atoms with Crippen molar-refractivity contribution in [3.8, 4) is 33.4 Å². The predicted molar refractivity (Wildman–Crippen MR) is 174 cm³/mol. The molecule has 0 N–H and O–H groups in total. The van der Waals surface area contributed by atoms with Crippen molar-refractivity contribution in [2.75, 3.05) is 0 Å². The fraction of sp³-hybridized carbons (Fsp3) is 0. The summed E-state index contributed by atoms with van der Waals surface area (Å²) in [5.41, 5.74) is 9.01. The summed E-state index contributed by atoms with van der Waals surface area (Å²) >= 11 is 0. The molecule has 0 atom stereocenters. The Bertz CT molecular complexity index is 2410. The zero-order valence-corrected chi connectivity index (χ0v) is 22.3. The maximum Gasteiger partial charge on any atom is 0.143 e. The van der Waals surface area contributed by atoms with Crippen molar-refractivity contribution in [1.29, 1.82) is 0 Å². The lowest BCUT2D eigenvalue weighted by atomic mass is 9.89. The lowest BCUT2D eigenvalue weighted by molar-refractivity contribution is 0.670. The van der Waals surface area contributed by atoms with E-state index in [1.54, 1.807) is 0 Å². The Labute approximate surface area is 237 Å². The van der Waals surface area contributed by atoms with E-state index in [9.17, 15) is 0 Å². The van der Waals surface area contributed by atoms with E-state index in [-0.39, 0.29) is 0 Å². The van der Waals surface area contributed by atoms with Crippen molar-refractivity contribution in [2.45, 2.75) is 0 Å². The van der Waals surface area contributed by atoms with Crippen molar-refractivity contribution in [2.24, 2.45) is 0 Å². The summed E-state index contributed by atoms with van der Waals surface area (Å²) in [6, 6.07) is 52.6. The normalized spacial score (nSPS) is 11.9. The number of hydrogen-bond acceptors (Lipinski definition) is 1. The molecular weight excluding hydrogens is 496 g/mol. The molecule has 9 rings (SSSR count). The minimum atomic E-state index is 0.923. The van der Waals surface area contributed by atoms with Gasteiger partial charge in [-0.15, -0.1) is 0 Å². The molecule has 1 aromatic heterocycles. The van der Waals surface area contributed by atoms with Gasteiger partial charge in [-0.2, -0.15) is 0 Å². The molecule has 0 fully saturated rings. The molecule has 0 unspecified atom stereocenters. The molecule has 41 heavy (non-hydrogen) atoms. The van der Waals surface area contributed by atoms with E-state index in [1.165, 1.54) is 54.6 Å². The molecule has 0 bridgehead atoms. The van der Waals surface area contributed by atoms with Crippen LogP contribution in [0.2, 0.25) is 0 Å². The Hall–Kier alpha value is -5.40. The van der Waals surface area contributed by atoms with Gasteiger partial charge < -0.3 is 4.42 Å². The fourth-order valence-electron chi connectivity index (χ4n) is 6.69. The Balaban J connectivity index is 1.19. The monoisotopic (exact) mass is 520 g/mol. The van der Waals surface area contributed by atoms with E-state index >= 15 is 0 Å². The second-order valence-corrected chi connectivity index (χ2v) is 10.9. The van der Waals surface area contributed by atoms with Gasteiger partial charge in [0.1, 0.15) is 11.2 Å². The number of hydrogen-bond donors (Lipinski definition) is 0. The van der Waals surface area contributed by atoms with Crippen molar-refractivity contribution in [3.63, 3.8) is 0 Å². The molecule has 0 spiro atoms. The largest absolute Gasteiger partial charge is 0.455 e. The van der Waals surface area contributed by atoms with Gasteiger partial charge in [0.2, 0.25) is 0 Å². The summed E-state index contributed by atoms with van der Waals surface area (Å²) in [5.74, 6) is 0. The molecule has 0 saturated heterocycles. The molecule has 1 heterocycles. The molecule has 0 aliphatic heterocycles. The number of benzene rings is 8. The zero-order valence-electron chi connectivity index (χ0n) is 22.3. The summed E-state index contributed by atoms with van der Waals surface area (Å²) in [7, 11) is 0. The summed E-state index contributed by atoms with van der Waals surface area (Å²) in [4.78, 5) is 0. The summed E-state index contributed by atoms with van der Waals surface area (Å²) in [6.07, 6.45) is 0. The van der Waals surface area contributed by atoms with Crippen molar-refractivity contribution in [1.82, 2.24) is 0 Å². The Morgan fingerprint density at radius 2 is 0.927 bits per heavy atom. The molecular formula is C40H24O. The molecule has 0 saturated carbocycles. The fourth-order valence-corrected chi connectivity index (χ4v) is 6.69. The standard InChI is InChI=1S/C40H24O/c1-2-16-37-34(13-1)36-15-6-14-33(40(36)41-37)31-12-5-10-29(24-31)28-9-4-11-30(23-28)32-21-19-27-18-17-25-7-3-8-26-20-22-35(32)39(27)38(25)26/h1-24H. The van der Waals surface area contributed by atoms with Crippen LogP contribution in [0.3, 0.4) is 0 Å². The average Bonchev–Trinajstić information content (AvgIpc) is 3.43. The van der Waals surface area contributed by atoms with Gasteiger partial charge in [0.25, 0.3) is 0 Å². The van der Waals surface area contributed by atoms with Crippen LogP contribution in [0, 0.1) is 0 Å². The van der Waals surface area contributed by atoms with E-state index in [4.69, 9.17) is 4.42 Å². The average molecular weight is 521 g/mol. The van der Waals surface area contributed by atoms with Gasteiger partial charge in [-0.25, -0.2) is 0 Å². The van der Waals surface area contributed by atoms with E-state index in [0.717, 1.165) is 33.1 Å². The quantitative estimate of drug-likeness (QED) is 0.211. The highest BCUT2D eigenvalue weighted by molar-refractivity contribution is 6.25. The topological polar surface area (TPSA) is 13.1 Å². The Kier molecular flexibility index (Phi) is 4.67. The summed E-state index contributed by atoms with van der Waals surface area (Å²) in [5, 5.41) is 10.2. The van der Waals surface area contributed by atoms with Crippen LogP contribution in [-0.4, -0.2) is 0 Å². The highest BCUT2D eigenvalue weighted by atomic mass is 16.3. The first-order valence-electron chi connectivity index (χ1n) is 14.1. The van der Waals surface area contributed by atoms with E-state index in [0.29, 0.717) is 0 Å². The van der Waals surface area contributed by atoms with Gasteiger partial charge in [0.05, 0.1) is 0 Å². The van der Waals surface area contributed by atoms with Crippen LogP contribution in [0.4, 0.5) is 0 Å². The van der Waals surface area contributed by atoms with E-state index in [1.807, 2.05) is 12.1 Å². The maximum absolute atomic E-state index is 6.35. The lowest BCUT2D eigenvalue weighted by Gasteiger charge is -2.15. The van der Waals surface area contributed by atoms with Crippen LogP contribution in [0.15, 0.2) is 150 Å². The van der Waals surface area contributed by atoms with Gasteiger partial charge in [-0.05, 0) is 78.3 Å². The first kappa shape index (κ1) is 22.4. The predicted octanol–water partition coefficient (Wildman–Crippen LogP) is 11.5. The number of rotatable bonds is 3. The van der Waals surface area contributed by atoms with E-state index < -0.39 is 0 Å². The van der Waals surface area contributed by atoms with Crippen molar-refractivity contribution in [3.05, 3.63) is 146 Å². The third-order valence-electron chi connectivity index (χ3n) is 8.61. The van der Waals surface area contributed by atoms with Gasteiger partial charge in [0.15, 0.2) is 0 Å². The molecule has 190 valence electrons. The smallest absolute Gasteiger partial charge is 0.143 e. The van der Waals surface area contributed by atoms with Crippen molar-refractivity contribution >= 4 is 54.3 Å². The van der Waals surface area contributed by atoms with Gasteiger partial charge in [0, 0.05) is 16.3 Å². The van der Waals surface area contributed by atoms with Crippen LogP contribution in [0.5, 0.6) is 0 Å². The molecule has 9 aromatic rings. The summed E-state index contributed by atoms with van der Waals surface area (Å²) < 4.78 is 6.35. The third kappa shape index (κ3) is 3.36. The first-order chi connectivity index (χ1) is 20.3. The SMILES string of the molecule is c1cc(-c2cccc(-c3cccc4c3oc3ccccc34)c2)cc(-c2ccc3ccc4cccc5ccc2c3c45)c1. The Morgan fingerprint density at radius 3 is 1.73 bits per heavy atom. The van der Waals surface area contributed by atoms with Crippen LogP contribution in [0.25, 0.3) is 87.6 Å². The van der Waals surface area contributed by atoms with Gasteiger partial charge in [-0.3, -0.25) is 0 Å². The highest BCUT2D eigenvalue weighted by Gasteiger charge is 2.14. The molecule has 0 amide bonds. The molecule has 1 nitrogen and oxygen atoms in total. The minimum absolute atomic E-state index is 0.923. The molecule has 8 aromatic carbocycles. The van der Waals surface area contributed by atoms with Gasteiger partial charge >= 0.3 is 0 Å². The Morgan fingerprint density at radius 1 is 0.341 bits per heavy atom. The molecule has 0 aliphatic carbocycles. The molecule has 0 radical (unpaired) electrons. The number of para-hydroxylation sites is 2. The van der Waals surface area contributed by atoms with Crippen LogP contribution < -0.4 is 0 Å². The van der Waals surface area contributed by atoms with E-state index in [2.05, 4.69) is 133 Å². The minimum Gasteiger partial charge on any atom is -0.455 e. The molecule has 1 heteroatoms. The van der Waals surface area contributed by atoms with Crippen LogP contribution in [-0.2, 0) is 0 Å². The van der Waals surface area contributed by atoms with Gasteiger partial charge in [-0.1, -0.05) is 127 Å². The number of furan rings is 1. The summed E-state index contributed by atoms with van der Waals surface area (Å²) in [6.45, 7) is 0. The highest BCUT2D eigenvalue weighted by Crippen LogP contribution is 2.41. The second kappa shape index (κ2) is 8.55. The first-order valence-corrected chi connectivity index (χ1v) is 14.1. The van der Waals surface area contributed by atoms with Crippen molar-refractivity contribution < 1.29 is 4.42 Å².